The summed E-state index contributed by atoms with van der Waals surface area (Å²) in [6, 6.07) is 15.3. The first kappa shape index (κ1) is 11.7. The number of benzene rings is 2. The molecule has 0 amide bonds. The third kappa shape index (κ3) is 2.41. The Hall–Kier alpha value is -2.40. The lowest BCUT2D eigenvalue weighted by atomic mass is 10.2. The van der Waals surface area contributed by atoms with Crippen LogP contribution in [0.4, 0.5) is 5.69 Å². The van der Waals surface area contributed by atoms with Crippen molar-refractivity contribution in [1.82, 2.24) is 4.98 Å². The van der Waals surface area contributed by atoms with Gasteiger partial charge in [-0.05, 0) is 42.5 Å². The number of fused-ring (bicyclic) bond motifs is 1. The van der Waals surface area contributed by atoms with E-state index in [1.807, 2.05) is 48.5 Å². The summed E-state index contributed by atoms with van der Waals surface area (Å²) >= 11 is 4.80. The summed E-state index contributed by atoms with van der Waals surface area (Å²) in [5.74, 6) is 0.600. The van der Waals surface area contributed by atoms with Crippen LogP contribution in [0.25, 0.3) is 22.6 Å². The molecule has 0 saturated heterocycles. The third-order valence-corrected chi connectivity index (χ3v) is 2.78. The van der Waals surface area contributed by atoms with E-state index in [0.29, 0.717) is 5.89 Å². The van der Waals surface area contributed by atoms with E-state index in [0.717, 1.165) is 22.4 Å². The van der Waals surface area contributed by atoms with Gasteiger partial charge in [-0.1, -0.05) is 18.2 Å². The van der Waals surface area contributed by atoms with Gasteiger partial charge in [0.05, 0.1) is 0 Å². The van der Waals surface area contributed by atoms with E-state index in [1.54, 1.807) is 0 Å². The average molecular weight is 269 g/mol. The van der Waals surface area contributed by atoms with E-state index in [-0.39, 0.29) is 5.11 Å². The number of aromatic nitrogens is 1. The molecule has 3 aromatic rings. The Labute approximate surface area is 115 Å². The van der Waals surface area contributed by atoms with E-state index in [4.69, 9.17) is 22.4 Å². The molecule has 3 rings (SSSR count). The zero-order valence-electron chi connectivity index (χ0n) is 9.96. The van der Waals surface area contributed by atoms with E-state index in [1.165, 1.54) is 0 Å². The van der Waals surface area contributed by atoms with Crippen LogP contribution in [-0.4, -0.2) is 10.1 Å². The maximum atomic E-state index is 5.71. The highest BCUT2D eigenvalue weighted by Gasteiger charge is 2.08. The molecule has 0 radical (unpaired) electrons. The van der Waals surface area contributed by atoms with Gasteiger partial charge in [0.2, 0.25) is 5.89 Å². The van der Waals surface area contributed by atoms with Crippen LogP contribution in [0.2, 0.25) is 0 Å². The highest BCUT2D eigenvalue weighted by molar-refractivity contribution is 7.80. The quantitative estimate of drug-likeness (QED) is 0.700. The summed E-state index contributed by atoms with van der Waals surface area (Å²) < 4.78 is 5.71. The molecule has 0 spiro atoms. The van der Waals surface area contributed by atoms with Crippen LogP contribution in [0.5, 0.6) is 0 Å². The summed E-state index contributed by atoms with van der Waals surface area (Å²) in [6.07, 6.45) is 0. The number of nitrogens with one attached hydrogen (secondary N) is 1. The minimum Gasteiger partial charge on any atom is -0.436 e. The Morgan fingerprint density at radius 3 is 2.68 bits per heavy atom. The summed E-state index contributed by atoms with van der Waals surface area (Å²) in [6.45, 7) is 0. The average Bonchev–Trinajstić information content (AvgIpc) is 2.82. The Bertz CT molecular complexity index is 737. The van der Waals surface area contributed by atoms with E-state index < -0.39 is 0 Å². The molecule has 1 heterocycles. The SMILES string of the molecule is NC(=S)Nc1ccc2oc(-c3ccccc3)nc2c1. The first-order valence-electron chi connectivity index (χ1n) is 5.75. The van der Waals surface area contributed by atoms with Gasteiger partial charge in [0.25, 0.3) is 0 Å². The smallest absolute Gasteiger partial charge is 0.227 e. The Morgan fingerprint density at radius 1 is 1.16 bits per heavy atom. The number of anilines is 1. The zero-order chi connectivity index (χ0) is 13.2. The molecule has 0 aliphatic rings. The molecule has 0 bridgehead atoms. The van der Waals surface area contributed by atoms with Crippen molar-refractivity contribution in [3.8, 4) is 11.5 Å². The van der Waals surface area contributed by atoms with Crippen molar-refractivity contribution in [2.24, 2.45) is 5.73 Å². The monoisotopic (exact) mass is 269 g/mol. The van der Waals surface area contributed by atoms with Gasteiger partial charge < -0.3 is 15.5 Å². The van der Waals surface area contributed by atoms with Crippen molar-refractivity contribution < 1.29 is 4.42 Å². The number of nitrogens with zero attached hydrogens (tertiary/aromatic N) is 1. The summed E-state index contributed by atoms with van der Waals surface area (Å²) in [7, 11) is 0. The fourth-order valence-electron chi connectivity index (χ4n) is 1.85. The lowest BCUT2D eigenvalue weighted by Gasteiger charge is -2.01. The maximum Gasteiger partial charge on any atom is 0.227 e. The number of hydrogen-bond acceptors (Lipinski definition) is 3. The molecule has 1 aromatic heterocycles. The molecule has 5 heteroatoms. The molecule has 19 heavy (non-hydrogen) atoms. The van der Waals surface area contributed by atoms with E-state index >= 15 is 0 Å². The second-order valence-electron chi connectivity index (χ2n) is 4.06. The Kier molecular flexibility index (Phi) is 2.89. The molecular formula is C14H11N3OS. The first-order valence-corrected chi connectivity index (χ1v) is 6.16. The van der Waals surface area contributed by atoms with Crippen LogP contribution in [0, 0.1) is 0 Å². The number of hydrogen-bond donors (Lipinski definition) is 2. The standard InChI is InChI=1S/C14H11N3OS/c15-14(19)16-10-6-7-12-11(8-10)17-13(18-12)9-4-2-1-3-5-9/h1-8H,(H3,15,16,19). The molecule has 94 valence electrons. The van der Waals surface area contributed by atoms with E-state index in [9.17, 15) is 0 Å². The van der Waals surface area contributed by atoms with Gasteiger partial charge in [0.15, 0.2) is 10.7 Å². The van der Waals surface area contributed by atoms with E-state index in [2.05, 4.69) is 10.3 Å². The molecule has 0 saturated carbocycles. The van der Waals surface area contributed by atoms with Crippen LogP contribution >= 0.6 is 12.2 Å². The van der Waals surface area contributed by atoms with Gasteiger partial charge in [-0.3, -0.25) is 0 Å². The fourth-order valence-corrected chi connectivity index (χ4v) is 1.97. The Morgan fingerprint density at radius 2 is 1.95 bits per heavy atom. The Balaban J connectivity index is 2.04. The summed E-state index contributed by atoms with van der Waals surface area (Å²) in [4.78, 5) is 4.46. The van der Waals surface area contributed by atoms with Crippen LogP contribution in [0.3, 0.4) is 0 Å². The number of rotatable bonds is 2. The largest absolute Gasteiger partial charge is 0.436 e. The predicted octanol–water partition coefficient (Wildman–Crippen LogP) is 3.15. The highest BCUT2D eigenvalue weighted by atomic mass is 32.1. The van der Waals surface area contributed by atoms with Crippen LogP contribution < -0.4 is 11.1 Å². The second-order valence-corrected chi connectivity index (χ2v) is 4.50. The molecule has 4 nitrogen and oxygen atoms in total. The van der Waals surface area contributed by atoms with Gasteiger partial charge in [-0.25, -0.2) is 4.98 Å². The molecule has 2 aromatic carbocycles. The van der Waals surface area contributed by atoms with Crippen LogP contribution in [-0.2, 0) is 0 Å². The number of thiocarbonyl (C=S) groups is 1. The second kappa shape index (κ2) is 4.70. The fraction of sp³-hybridized carbons (Fsp3) is 0. The summed E-state index contributed by atoms with van der Waals surface area (Å²) in [5.41, 5.74) is 8.68. The van der Waals surface area contributed by atoms with Gasteiger partial charge in [0, 0.05) is 11.3 Å². The first-order chi connectivity index (χ1) is 9.22. The molecule has 0 atom stereocenters. The van der Waals surface area contributed by atoms with Crippen LogP contribution in [0.15, 0.2) is 52.9 Å². The lowest BCUT2D eigenvalue weighted by molar-refractivity contribution is 0.620. The highest BCUT2D eigenvalue weighted by Crippen LogP contribution is 2.25. The van der Waals surface area contributed by atoms with Crippen molar-refractivity contribution in [3.63, 3.8) is 0 Å². The van der Waals surface area contributed by atoms with Crippen LogP contribution in [0.1, 0.15) is 0 Å². The van der Waals surface area contributed by atoms with Crippen molar-refractivity contribution in [1.29, 1.82) is 0 Å². The van der Waals surface area contributed by atoms with Gasteiger partial charge in [-0.15, -0.1) is 0 Å². The van der Waals surface area contributed by atoms with Crippen molar-refractivity contribution >= 4 is 34.1 Å². The molecular weight excluding hydrogens is 258 g/mol. The number of nitrogens with two attached hydrogens (primary N) is 1. The minimum absolute atomic E-state index is 0.228. The van der Waals surface area contributed by atoms with Gasteiger partial charge >= 0.3 is 0 Å². The minimum atomic E-state index is 0.228. The topological polar surface area (TPSA) is 64.1 Å². The van der Waals surface area contributed by atoms with Gasteiger partial charge in [-0.2, -0.15) is 0 Å². The van der Waals surface area contributed by atoms with Crippen molar-refractivity contribution in [3.05, 3.63) is 48.5 Å². The van der Waals surface area contributed by atoms with Gasteiger partial charge in [0.1, 0.15) is 5.52 Å². The third-order valence-electron chi connectivity index (χ3n) is 2.68. The van der Waals surface area contributed by atoms with Crippen molar-refractivity contribution in [2.45, 2.75) is 0 Å². The van der Waals surface area contributed by atoms with Crippen molar-refractivity contribution in [2.75, 3.05) is 5.32 Å². The maximum absolute atomic E-state index is 5.71. The molecule has 0 fully saturated rings. The lowest BCUT2D eigenvalue weighted by Crippen LogP contribution is -2.18. The molecule has 0 aliphatic carbocycles. The molecule has 0 aliphatic heterocycles. The normalized spacial score (nSPS) is 10.5. The molecule has 0 unspecified atom stereocenters. The zero-order valence-corrected chi connectivity index (χ0v) is 10.8. The summed E-state index contributed by atoms with van der Waals surface area (Å²) in [5, 5.41) is 3.10. The number of oxazole rings is 1. The molecule has 3 N–H and O–H groups in total. The predicted molar refractivity (Wildman–Crippen MR) is 79.9 cm³/mol.